The van der Waals surface area contributed by atoms with Gasteiger partial charge in [-0.1, -0.05) is 20.3 Å². The van der Waals surface area contributed by atoms with Crippen molar-refractivity contribution < 1.29 is 4.79 Å². The zero-order chi connectivity index (χ0) is 15.5. The van der Waals surface area contributed by atoms with Gasteiger partial charge in [-0.3, -0.25) is 9.69 Å². The predicted octanol–water partition coefficient (Wildman–Crippen LogP) is 2.31. The quantitative estimate of drug-likeness (QED) is 0.807. The Hall–Kier alpha value is -1.23. The van der Waals surface area contributed by atoms with Gasteiger partial charge in [-0.05, 0) is 45.7 Å². The summed E-state index contributed by atoms with van der Waals surface area (Å²) in [5.41, 5.74) is -0.408. The van der Waals surface area contributed by atoms with Crippen LogP contribution in [0.1, 0.15) is 52.8 Å². The summed E-state index contributed by atoms with van der Waals surface area (Å²) in [4.78, 5) is 19.3. The Balaban J connectivity index is 2.04. The number of carbonyl (C=O) groups is 1. The molecule has 0 amide bonds. The number of aromatic nitrogens is 3. The van der Waals surface area contributed by atoms with Gasteiger partial charge in [-0.25, -0.2) is 9.67 Å². The van der Waals surface area contributed by atoms with Crippen molar-refractivity contribution in [3.05, 3.63) is 12.2 Å². The molecule has 1 fully saturated rings. The average molecular weight is 292 g/mol. The summed E-state index contributed by atoms with van der Waals surface area (Å²) in [7, 11) is 0. The van der Waals surface area contributed by atoms with E-state index < -0.39 is 5.54 Å². The first-order chi connectivity index (χ1) is 9.91. The standard InChI is InChI=1S/C16H28N4O/c1-13(2)11-20-15(17-12-18-20)10-14(21)16(3,4)19-8-6-5-7-9-19/h12-13H,5-11H2,1-4H3. The molecule has 1 saturated heterocycles. The summed E-state index contributed by atoms with van der Waals surface area (Å²) >= 11 is 0. The van der Waals surface area contributed by atoms with Crippen LogP contribution >= 0.6 is 0 Å². The third kappa shape index (κ3) is 3.90. The highest BCUT2D eigenvalue weighted by Gasteiger charge is 2.35. The van der Waals surface area contributed by atoms with E-state index in [2.05, 4.69) is 28.8 Å². The Morgan fingerprint density at radius 2 is 1.95 bits per heavy atom. The van der Waals surface area contributed by atoms with E-state index in [1.807, 2.05) is 18.5 Å². The normalized spacial score (nSPS) is 17.4. The number of piperidine rings is 1. The molecule has 0 bridgehead atoms. The van der Waals surface area contributed by atoms with Crippen LogP contribution in [0.25, 0.3) is 0 Å². The molecule has 21 heavy (non-hydrogen) atoms. The minimum atomic E-state index is -0.408. The van der Waals surface area contributed by atoms with Gasteiger partial charge in [0.1, 0.15) is 12.2 Å². The predicted molar refractivity (Wildman–Crippen MR) is 83.1 cm³/mol. The lowest BCUT2D eigenvalue weighted by Gasteiger charge is -2.39. The van der Waals surface area contributed by atoms with Gasteiger partial charge in [0, 0.05) is 6.54 Å². The lowest BCUT2D eigenvalue weighted by atomic mass is 9.91. The molecule has 2 rings (SSSR count). The molecule has 0 N–H and O–H groups in total. The number of nitrogens with zero attached hydrogens (tertiary/aromatic N) is 4. The number of Topliss-reactive ketones (excluding diaryl/α,β-unsaturated/α-hetero) is 1. The van der Waals surface area contributed by atoms with Gasteiger partial charge in [0.05, 0.1) is 12.0 Å². The Morgan fingerprint density at radius 3 is 2.57 bits per heavy atom. The molecule has 0 aromatic carbocycles. The van der Waals surface area contributed by atoms with Gasteiger partial charge in [0.15, 0.2) is 5.78 Å². The smallest absolute Gasteiger partial charge is 0.160 e. The summed E-state index contributed by atoms with van der Waals surface area (Å²) in [6, 6.07) is 0. The van der Waals surface area contributed by atoms with Crippen LogP contribution in [0.4, 0.5) is 0 Å². The van der Waals surface area contributed by atoms with Crippen molar-refractivity contribution in [3.8, 4) is 0 Å². The van der Waals surface area contributed by atoms with Gasteiger partial charge in [-0.2, -0.15) is 5.10 Å². The van der Waals surface area contributed by atoms with Crippen LogP contribution in [0.2, 0.25) is 0 Å². The van der Waals surface area contributed by atoms with E-state index in [1.54, 1.807) is 6.33 Å². The molecule has 1 aliphatic rings. The Bertz CT molecular complexity index is 472. The molecular weight excluding hydrogens is 264 g/mol. The molecule has 1 aromatic rings. The molecule has 1 aromatic heterocycles. The summed E-state index contributed by atoms with van der Waals surface area (Å²) in [5, 5.41) is 4.24. The zero-order valence-electron chi connectivity index (χ0n) is 13.8. The van der Waals surface area contributed by atoms with Crippen molar-refractivity contribution >= 4 is 5.78 Å². The van der Waals surface area contributed by atoms with Crippen LogP contribution < -0.4 is 0 Å². The fourth-order valence-electron chi connectivity index (χ4n) is 2.91. The summed E-state index contributed by atoms with van der Waals surface area (Å²) in [6.45, 7) is 11.2. The van der Waals surface area contributed by atoms with E-state index in [4.69, 9.17) is 0 Å². The molecule has 0 atom stereocenters. The SMILES string of the molecule is CC(C)Cn1ncnc1CC(=O)C(C)(C)N1CCCCC1. The summed E-state index contributed by atoms with van der Waals surface area (Å²) in [5.74, 6) is 1.52. The highest BCUT2D eigenvalue weighted by atomic mass is 16.1. The van der Waals surface area contributed by atoms with E-state index in [9.17, 15) is 4.79 Å². The minimum Gasteiger partial charge on any atom is -0.297 e. The van der Waals surface area contributed by atoms with Crippen molar-refractivity contribution in [2.75, 3.05) is 13.1 Å². The molecule has 5 nitrogen and oxygen atoms in total. The van der Waals surface area contributed by atoms with Crippen LogP contribution in [-0.4, -0.2) is 44.1 Å². The number of likely N-dealkylation sites (tertiary alicyclic amines) is 1. The van der Waals surface area contributed by atoms with Crippen molar-refractivity contribution in [3.63, 3.8) is 0 Å². The minimum absolute atomic E-state index is 0.238. The fourth-order valence-corrected chi connectivity index (χ4v) is 2.91. The lowest BCUT2D eigenvalue weighted by molar-refractivity contribution is -0.129. The third-order valence-electron chi connectivity index (χ3n) is 4.38. The van der Waals surface area contributed by atoms with Crippen molar-refractivity contribution in [1.29, 1.82) is 0 Å². The number of ketones is 1. The molecule has 2 heterocycles. The number of hydrogen-bond acceptors (Lipinski definition) is 4. The van der Waals surface area contributed by atoms with Crippen LogP contribution in [0.3, 0.4) is 0 Å². The number of rotatable bonds is 6. The summed E-state index contributed by atoms with van der Waals surface area (Å²) in [6.07, 6.45) is 5.60. The molecular formula is C16H28N4O. The van der Waals surface area contributed by atoms with E-state index in [0.717, 1.165) is 25.5 Å². The van der Waals surface area contributed by atoms with Crippen molar-refractivity contribution in [1.82, 2.24) is 19.7 Å². The maximum Gasteiger partial charge on any atom is 0.160 e. The van der Waals surface area contributed by atoms with Crippen LogP contribution in [0.5, 0.6) is 0 Å². The second-order valence-corrected chi connectivity index (χ2v) is 6.96. The Morgan fingerprint density at radius 1 is 1.29 bits per heavy atom. The Kier molecular flexibility index (Phi) is 5.14. The van der Waals surface area contributed by atoms with Crippen molar-refractivity contribution in [2.45, 2.75) is 65.5 Å². The topological polar surface area (TPSA) is 51.0 Å². The zero-order valence-corrected chi connectivity index (χ0v) is 13.8. The lowest BCUT2D eigenvalue weighted by Crippen LogP contribution is -2.52. The van der Waals surface area contributed by atoms with Gasteiger partial charge < -0.3 is 0 Å². The van der Waals surface area contributed by atoms with Crippen LogP contribution in [0.15, 0.2) is 6.33 Å². The first-order valence-electron chi connectivity index (χ1n) is 8.06. The van der Waals surface area contributed by atoms with E-state index in [-0.39, 0.29) is 5.78 Å². The maximum atomic E-state index is 12.7. The van der Waals surface area contributed by atoms with Crippen LogP contribution in [-0.2, 0) is 17.8 Å². The second-order valence-electron chi connectivity index (χ2n) is 6.96. The second kappa shape index (κ2) is 6.69. The summed E-state index contributed by atoms with van der Waals surface area (Å²) < 4.78 is 1.87. The van der Waals surface area contributed by atoms with Crippen LogP contribution in [0, 0.1) is 5.92 Å². The van der Waals surface area contributed by atoms with Crippen molar-refractivity contribution in [2.24, 2.45) is 5.92 Å². The monoisotopic (exact) mass is 292 g/mol. The molecule has 0 radical (unpaired) electrons. The fraction of sp³-hybridized carbons (Fsp3) is 0.812. The first-order valence-corrected chi connectivity index (χ1v) is 8.06. The largest absolute Gasteiger partial charge is 0.297 e. The van der Waals surface area contributed by atoms with E-state index in [1.165, 1.54) is 19.3 Å². The molecule has 0 unspecified atom stereocenters. The van der Waals surface area contributed by atoms with E-state index >= 15 is 0 Å². The van der Waals surface area contributed by atoms with Gasteiger partial charge in [0.2, 0.25) is 0 Å². The molecule has 0 spiro atoms. The van der Waals surface area contributed by atoms with Gasteiger partial charge in [-0.15, -0.1) is 0 Å². The molecule has 0 aliphatic carbocycles. The number of hydrogen-bond donors (Lipinski definition) is 0. The third-order valence-corrected chi connectivity index (χ3v) is 4.38. The van der Waals surface area contributed by atoms with Gasteiger partial charge >= 0.3 is 0 Å². The molecule has 118 valence electrons. The molecule has 1 aliphatic heterocycles. The van der Waals surface area contributed by atoms with E-state index in [0.29, 0.717) is 12.3 Å². The molecule has 5 heteroatoms. The number of carbonyl (C=O) groups excluding carboxylic acids is 1. The Labute approximate surface area is 127 Å². The average Bonchev–Trinajstić information content (AvgIpc) is 2.86. The highest BCUT2D eigenvalue weighted by Crippen LogP contribution is 2.22. The first kappa shape index (κ1) is 16.1. The maximum absolute atomic E-state index is 12.7. The highest BCUT2D eigenvalue weighted by molar-refractivity contribution is 5.88. The molecule has 0 saturated carbocycles. The van der Waals surface area contributed by atoms with Gasteiger partial charge in [0.25, 0.3) is 0 Å².